The maximum Gasteiger partial charge on any atom is 0.326 e. The van der Waals surface area contributed by atoms with Crippen molar-refractivity contribution >= 4 is 43.6 Å². The van der Waals surface area contributed by atoms with Gasteiger partial charge in [0.05, 0.1) is 40.5 Å². The van der Waals surface area contributed by atoms with Crippen LogP contribution in [0.1, 0.15) is 18.3 Å². The Morgan fingerprint density at radius 3 is 2.60 bits per heavy atom. The van der Waals surface area contributed by atoms with E-state index in [1.54, 1.807) is 73.7 Å². The van der Waals surface area contributed by atoms with Crippen molar-refractivity contribution in [3.05, 3.63) is 90.4 Å². The Labute approximate surface area is 231 Å². The highest BCUT2D eigenvalue weighted by Gasteiger charge is 2.30. The van der Waals surface area contributed by atoms with Crippen LogP contribution in [-0.4, -0.2) is 42.1 Å². The average molecular weight is 556 g/mol. The fourth-order valence-corrected chi connectivity index (χ4v) is 5.91. The van der Waals surface area contributed by atoms with E-state index in [1.165, 1.54) is 12.3 Å². The topological polar surface area (TPSA) is 127 Å². The van der Waals surface area contributed by atoms with E-state index in [0.717, 1.165) is 9.82 Å². The molecule has 3 aromatic carbocycles. The number of pyridine rings is 1. The molecule has 0 spiro atoms. The maximum atomic E-state index is 14.0. The Balaban J connectivity index is 1.52. The standard InChI is InChI=1S/C29H25N5O5S/c1-3-38-28(35)18-34(40(36,37)26-8-4-6-21-7-5-15-31-29(21)26)22-11-14-25-24(16-22)32-27(33(25)2)19-39-23-12-9-20(17-30)10-13-23/h4-16H,3,18-19H2,1-2H3. The van der Waals surface area contributed by atoms with Crippen molar-refractivity contribution in [1.82, 2.24) is 14.5 Å². The summed E-state index contributed by atoms with van der Waals surface area (Å²) in [5, 5.41) is 9.64. The molecule has 0 aliphatic heterocycles. The van der Waals surface area contributed by atoms with Crippen LogP contribution in [0.15, 0.2) is 83.9 Å². The van der Waals surface area contributed by atoms with Gasteiger partial charge in [-0.2, -0.15) is 5.26 Å². The Kier molecular flexibility index (Phi) is 7.35. The lowest BCUT2D eigenvalue weighted by Crippen LogP contribution is -2.36. The minimum absolute atomic E-state index is 0.0208. The van der Waals surface area contributed by atoms with Gasteiger partial charge in [-0.15, -0.1) is 0 Å². The molecular weight excluding hydrogens is 530 g/mol. The van der Waals surface area contributed by atoms with Crippen molar-refractivity contribution in [2.24, 2.45) is 7.05 Å². The Morgan fingerprint density at radius 2 is 1.85 bits per heavy atom. The highest BCUT2D eigenvalue weighted by molar-refractivity contribution is 7.93. The van der Waals surface area contributed by atoms with Crippen molar-refractivity contribution in [1.29, 1.82) is 5.26 Å². The van der Waals surface area contributed by atoms with Gasteiger partial charge < -0.3 is 14.0 Å². The predicted molar refractivity (Wildman–Crippen MR) is 149 cm³/mol. The first-order valence-electron chi connectivity index (χ1n) is 12.4. The number of hydrogen-bond acceptors (Lipinski definition) is 8. The molecule has 0 fully saturated rings. The number of anilines is 1. The molecule has 0 saturated heterocycles. The van der Waals surface area contributed by atoms with Crippen molar-refractivity contribution in [2.45, 2.75) is 18.4 Å². The SMILES string of the molecule is CCOC(=O)CN(c1ccc2c(c1)nc(COc1ccc(C#N)cc1)n2C)S(=O)(=O)c1cccc2cccnc12. The fraction of sp³-hybridized carbons (Fsp3) is 0.172. The summed E-state index contributed by atoms with van der Waals surface area (Å²) in [7, 11) is -2.40. The predicted octanol–water partition coefficient (Wildman–Crippen LogP) is 4.33. The molecule has 2 aromatic heterocycles. The number of imidazole rings is 1. The molecule has 202 valence electrons. The van der Waals surface area contributed by atoms with Gasteiger partial charge in [0.25, 0.3) is 10.0 Å². The number of carbonyl (C=O) groups is 1. The second-order valence-electron chi connectivity index (χ2n) is 8.83. The smallest absolute Gasteiger partial charge is 0.326 e. The van der Waals surface area contributed by atoms with Crippen LogP contribution >= 0.6 is 0 Å². The number of esters is 1. The van der Waals surface area contributed by atoms with Crippen LogP contribution in [0.2, 0.25) is 0 Å². The van der Waals surface area contributed by atoms with E-state index in [4.69, 9.17) is 14.7 Å². The second kappa shape index (κ2) is 11.0. The number of nitrogens with zero attached hydrogens (tertiary/aromatic N) is 5. The number of carbonyl (C=O) groups excluding carboxylic acids is 1. The number of ether oxygens (including phenoxy) is 2. The number of benzene rings is 3. The zero-order chi connectivity index (χ0) is 28.3. The summed E-state index contributed by atoms with van der Waals surface area (Å²) in [6.45, 7) is 1.41. The van der Waals surface area contributed by atoms with E-state index in [2.05, 4.69) is 16.0 Å². The average Bonchev–Trinajstić information content (AvgIpc) is 3.29. The van der Waals surface area contributed by atoms with Crippen LogP contribution in [0.3, 0.4) is 0 Å². The Hall–Kier alpha value is -4.95. The van der Waals surface area contributed by atoms with E-state index < -0.39 is 22.5 Å². The van der Waals surface area contributed by atoms with E-state index in [0.29, 0.717) is 33.6 Å². The van der Waals surface area contributed by atoms with Gasteiger partial charge in [-0.3, -0.25) is 14.1 Å². The van der Waals surface area contributed by atoms with E-state index in [9.17, 15) is 13.2 Å². The number of rotatable bonds is 9. The molecule has 0 bridgehead atoms. The fourth-order valence-electron chi connectivity index (χ4n) is 4.34. The molecule has 40 heavy (non-hydrogen) atoms. The van der Waals surface area contributed by atoms with E-state index in [1.807, 2.05) is 11.6 Å². The third-order valence-corrected chi connectivity index (χ3v) is 8.14. The van der Waals surface area contributed by atoms with E-state index in [-0.39, 0.29) is 23.8 Å². The Bertz CT molecular complexity index is 1850. The molecule has 0 unspecified atom stereocenters. The molecule has 0 N–H and O–H groups in total. The monoisotopic (exact) mass is 555 g/mol. The van der Waals surface area contributed by atoms with E-state index >= 15 is 0 Å². The van der Waals surface area contributed by atoms with Crippen molar-refractivity contribution in [3.8, 4) is 11.8 Å². The summed E-state index contributed by atoms with van der Waals surface area (Å²) >= 11 is 0. The van der Waals surface area contributed by atoms with Gasteiger partial charge in [0.2, 0.25) is 0 Å². The highest BCUT2D eigenvalue weighted by atomic mass is 32.2. The van der Waals surface area contributed by atoms with Gasteiger partial charge in [0.1, 0.15) is 29.6 Å². The maximum absolute atomic E-state index is 14.0. The van der Waals surface area contributed by atoms with Gasteiger partial charge >= 0.3 is 5.97 Å². The summed E-state index contributed by atoms with van der Waals surface area (Å²) in [4.78, 5) is 21.5. The zero-order valence-electron chi connectivity index (χ0n) is 21.8. The van der Waals surface area contributed by atoms with Crippen LogP contribution in [0, 0.1) is 11.3 Å². The normalized spacial score (nSPS) is 11.3. The molecule has 2 heterocycles. The van der Waals surface area contributed by atoms with Crippen LogP contribution in [0.4, 0.5) is 5.69 Å². The first-order chi connectivity index (χ1) is 19.3. The summed E-state index contributed by atoms with van der Waals surface area (Å²) < 4.78 is 41.8. The van der Waals surface area contributed by atoms with Gasteiger partial charge in [-0.25, -0.2) is 13.4 Å². The number of para-hydroxylation sites is 1. The molecule has 0 radical (unpaired) electrons. The molecule has 0 amide bonds. The molecule has 10 nitrogen and oxygen atoms in total. The van der Waals surface area contributed by atoms with Crippen LogP contribution in [-0.2, 0) is 33.2 Å². The largest absolute Gasteiger partial charge is 0.486 e. The molecule has 5 rings (SSSR count). The lowest BCUT2D eigenvalue weighted by atomic mass is 10.2. The molecule has 0 atom stereocenters. The van der Waals surface area contributed by atoms with Crippen molar-refractivity contribution < 1.29 is 22.7 Å². The number of fused-ring (bicyclic) bond motifs is 2. The summed E-state index contributed by atoms with van der Waals surface area (Å²) in [5.41, 5.74) is 2.37. The Morgan fingerprint density at radius 1 is 1.07 bits per heavy atom. The first-order valence-corrected chi connectivity index (χ1v) is 13.9. The van der Waals surface area contributed by atoms with Crippen molar-refractivity contribution in [2.75, 3.05) is 17.5 Å². The molecular formula is C29H25N5O5S. The lowest BCUT2D eigenvalue weighted by molar-refractivity contribution is -0.141. The third-order valence-electron chi connectivity index (χ3n) is 6.34. The minimum Gasteiger partial charge on any atom is -0.486 e. The number of aryl methyl sites for hydroxylation is 1. The van der Waals surface area contributed by atoms with Crippen LogP contribution < -0.4 is 9.04 Å². The van der Waals surface area contributed by atoms with Crippen LogP contribution in [0.25, 0.3) is 21.9 Å². The molecule has 11 heteroatoms. The van der Waals surface area contributed by atoms with Crippen molar-refractivity contribution in [3.63, 3.8) is 0 Å². The van der Waals surface area contributed by atoms with Gasteiger partial charge in [-0.1, -0.05) is 18.2 Å². The molecule has 5 aromatic rings. The summed E-state index contributed by atoms with van der Waals surface area (Å²) in [6.07, 6.45) is 1.53. The number of nitriles is 1. The first kappa shape index (κ1) is 26.6. The summed E-state index contributed by atoms with van der Waals surface area (Å²) in [6, 6.07) is 22.2. The molecule has 0 aliphatic rings. The number of hydrogen-bond donors (Lipinski definition) is 0. The number of aromatic nitrogens is 3. The van der Waals surface area contributed by atoms with Gasteiger partial charge in [-0.05, 0) is 61.5 Å². The van der Waals surface area contributed by atoms with Gasteiger partial charge in [0.15, 0.2) is 0 Å². The minimum atomic E-state index is -4.23. The highest BCUT2D eigenvalue weighted by Crippen LogP contribution is 2.30. The quantitative estimate of drug-likeness (QED) is 0.246. The van der Waals surface area contributed by atoms with Gasteiger partial charge in [0, 0.05) is 18.6 Å². The second-order valence-corrected chi connectivity index (χ2v) is 10.7. The number of sulfonamides is 1. The lowest BCUT2D eigenvalue weighted by Gasteiger charge is -2.24. The molecule has 0 saturated carbocycles. The zero-order valence-corrected chi connectivity index (χ0v) is 22.6. The van der Waals surface area contributed by atoms with Crippen LogP contribution in [0.5, 0.6) is 5.75 Å². The molecule has 0 aliphatic carbocycles. The summed E-state index contributed by atoms with van der Waals surface area (Å²) in [5.74, 6) is 0.508. The third kappa shape index (κ3) is 5.17.